The maximum Gasteiger partial charge on any atom is -0.00161 e. The Bertz CT molecular complexity index is 164. The van der Waals surface area contributed by atoms with Gasteiger partial charge in [-0.1, -0.05) is 39.0 Å². The largest absolute Gasteiger partial charge is 0.304 e. The van der Waals surface area contributed by atoms with Crippen molar-refractivity contribution in [2.24, 2.45) is 11.8 Å². The maximum absolute atomic E-state index is 2.71. The third-order valence-corrected chi connectivity index (χ3v) is 4.27. The molecule has 2 aliphatic rings. The Balaban J connectivity index is 1.67. The fourth-order valence-electron chi connectivity index (χ4n) is 3.17. The van der Waals surface area contributed by atoms with Crippen LogP contribution in [0.1, 0.15) is 51.9 Å². The zero-order valence-electron chi connectivity index (χ0n) is 10.3. The second-order valence-corrected chi connectivity index (χ2v) is 5.36. The smallest absolute Gasteiger partial charge is 0.00161 e. The monoisotopic (exact) mass is 208 g/mol. The number of piperidine rings is 1. The van der Waals surface area contributed by atoms with Gasteiger partial charge in [0.05, 0.1) is 0 Å². The van der Waals surface area contributed by atoms with Crippen LogP contribution in [0.5, 0.6) is 0 Å². The number of likely N-dealkylation sites (tertiary alicyclic amines) is 1. The molecule has 0 aromatic heterocycles. The van der Waals surface area contributed by atoms with Gasteiger partial charge in [0, 0.05) is 0 Å². The first-order valence-corrected chi connectivity index (χ1v) is 6.96. The highest BCUT2D eigenvalue weighted by molar-refractivity contribution is 4.88. The van der Waals surface area contributed by atoms with E-state index < -0.39 is 0 Å². The summed E-state index contributed by atoms with van der Waals surface area (Å²) in [5.41, 5.74) is 0. The quantitative estimate of drug-likeness (QED) is 0.686. The topological polar surface area (TPSA) is 3.24 Å². The van der Waals surface area contributed by atoms with Gasteiger partial charge >= 0.3 is 0 Å². The molecule has 1 heterocycles. The van der Waals surface area contributed by atoms with Crippen LogP contribution >= 0.6 is 0 Å². The Labute approximate surface area is 95.2 Å². The van der Waals surface area contributed by atoms with E-state index in [-0.39, 0.29) is 0 Å². The van der Waals surface area contributed by atoms with Gasteiger partial charge in [-0.2, -0.15) is 0 Å². The number of hydrogen-bond donors (Lipinski definition) is 0. The average Bonchev–Trinajstić information content (AvgIpc) is 2.31. The minimum absolute atomic E-state index is 0.941. The molecule has 0 amide bonds. The summed E-state index contributed by atoms with van der Waals surface area (Å²) in [5.74, 6) is 1.91. The fraction of sp³-hybridized carbons (Fsp3) is 0.929. The molecule has 1 heteroatoms. The molecule has 0 aromatic rings. The molecule has 1 aliphatic heterocycles. The van der Waals surface area contributed by atoms with Crippen molar-refractivity contribution in [1.82, 2.24) is 4.90 Å². The van der Waals surface area contributed by atoms with Crippen LogP contribution in [0.3, 0.4) is 0 Å². The molecule has 0 bridgehead atoms. The van der Waals surface area contributed by atoms with Gasteiger partial charge in [0.2, 0.25) is 0 Å². The molecule has 0 spiro atoms. The molecule has 0 N–H and O–H groups in total. The van der Waals surface area contributed by atoms with Crippen molar-refractivity contribution < 1.29 is 0 Å². The van der Waals surface area contributed by atoms with Gasteiger partial charge in [0.15, 0.2) is 0 Å². The molecular weight excluding hydrogens is 182 g/mol. The van der Waals surface area contributed by atoms with Gasteiger partial charge in [-0.05, 0) is 50.7 Å². The highest BCUT2D eigenvalue weighted by atomic mass is 15.1. The van der Waals surface area contributed by atoms with Gasteiger partial charge in [-0.15, -0.1) is 0 Å². The molecule has 1 nitrogen and oxygen atoms in total. The van der Waals surface area contributed by atoms with E-state index >= 15 is 0 Å². The van der Waals surface area contributed by atoms with Gasteiger partial charge in [-0.3, -0.25) is 0 Å². The summed E-state index contributed by atoms with van der Waals surface area (Å²) in [6.45, 7) is 6.20. The lowest BCUT2D eigenvalue weighted by Gasteiger charge is -2.33. The van der Waals surface area contributed by atoms with Crippen molar-refractivity contribution in [3.8, 4) is 0 Å². The average molecular weight is 208 g/mol. The number of nitrogens with zero attached hydrogens (tertiary/aromatic N) is 1. The zero-order chi connectivity index (χ0) is 10.5. The van der Waals surface area contributed by atoms with Crippen molar-refractivity contribution in [3.05, 3.63) is 6.42 Å². The molecule has 87 valence electrons. The van der Waals surface area contributed by atoms with Crippen LogP contribution in [0.2, 0.25) is 0 Å². The molecule has 2 rings (SSSR count). The summed E-state index contributed by atoms with van der Waals surface area (Å²) in [6.07, 6.45) is 13.0. The molecule has 15 heavy (non-hydrogen) atoms. The Hall–Kier alpha value is -0.0400. The summed E-state index contributed by atoms with van der Waals surface area (Å²) in [4.78, 5) is 2.59. The van der Waals surface area contributed by atoms with Gasteiger partial charge < -0.3 is 4.90 Å². The first kappa shape index (κ1) is 11.4. The minimum Gasteiger partial charge on any atom is -0.304 e. The molecule has 2 fully saturated rings. The molecule has 0 atom stereocenters. The second kappa shape index (κ2) is 5.89. The van der Waals surface area contributed by atoms with E-state index in [0.717, 1.165) is 11.8 Å². The van der Waals surface area contributed by atoms with E-state index in [1.165, 1.54) is 64.6 Å². The van der Waals surface area contributed by atoms with Crippen LogP contribution < -0.4 is 0 Å². The lowest BCUT2D eigenvalue weighted by atomic mass is 9.80. The summed E-state index contributed by atoms with van der Waals surface area (Å²) >= 11 is 0. The fourth-order valence-corrected chi connectivity index (χ4v) is 3.17. The Kier molecular flexibility index (Phi) is 4.49. The lowest BCUT2D eigenvalue weighted by Crippen LogP contribution is -2.34. The highest BCUT2D eigenvalue weighted by Crippen LogP contribution is 2.31. The first-order valence-electron chi connectivity index (χ1n) is 6.96. The molecule has 1 saturated heterocycles. The molecular formula is C14H26N. The van der Waals surface area contributed by atoms with Crippen LogP contribution in [-0.4, -0.2) is 24.5 Å². The third-order valence-electron chi connectivity index (χ3n) is 4.27. The minimum atomic E-state index is 0.941. The van der Waals surface area contributed by atoms with E-state index in [9.17, 15) is 0 Å². The summed E-state index contributed by atoms with van der Waals surface area (Å²) < 4.78 is 0. The molecule has 1 radical (unpaired) electrons. The molecule has 0 aromatic carbocycles. The Morgan fingerprint density at radius 3 is 2.13 bits per heavy atom. The van der Waals surface area contributed by atoms with Gasteiger partial charge in [0.1, 0.15) is 0 Å². The van der Waals surface area contributed by atoms with Crippen molar-refractivity contribution in [1.29, 1.82) is 0 Å². The maximum atomic E-state index is 2.71. The zero-order valence-corrected chi connectivity index (χ0v) is 10.3. The van der Waals surface area contributed by atoms with E-state index in [4.69, 9.17) is 0 Å². The Morgan fingerprint density at radius 1 is 0.933 bits per heavy atom. The predicted octanol–water partition coefficient (Wildman–Crippen LogP) is 3.50. The third kappa shape index (κ3) is 3.48. The lowest BCUT2D eigenvalue weighted by molar-refractivity contribution is 0.195. The van der Waals surface area contributed by atoms with Crippen molar-refractivity contribution >= 4 is 0 Å². The van der Waals surface area contributed by atoms with Gasteiger partial charge in [-0.25, -0.2) is 0 Å². The summed E-state index contributed by atoms with van der Waals surface area (Å²) in [6, 6.07) is 0. The van der Waals surface area contributed by atoms with Crippen LogP contribution in [0.25, 0.3) is 0 Å². The van der Waals surface area contributed by atoms with Crippen molar-refractivity contribution in [3.63, 3.8) is 0 Å². The van der Waals surface area contributed by atoms with Crippen molar-refractivity contribution in [2.75, 3.05) is 19.6 Å². The normalized spacial score (nSPS) is 27.0. The molecule has 0 unspecified atom stereocenters. The first-order chi connectivity index (χ1) is 7.38. The highest BCUT2D eigenvalue weighted by Gasteiger charge is 2.22. The molecule has 1 saturated carbocycles. The van der Waals surface area contributed by atoms with Crippen LogP contribution in [0, 0.1) is 18.3 Å². The number of rotatable bonds is 3. The van der Waals surface area contributed by atoms with Crippen LogP contribution in [0.15, 0.2) is 0 Å². The SMILES string of the molecule is CCN1CCC([CH]C2CCCCC2)CC1. The van der Waals surface area contributed by atoms with Crippen LogP contribution in [0.4, 0.5) is 0 Å². The summed E-state index contributed by atoms with van der Waals surface area (Å²) in [7, 11) is 0. The van der Waals surface area contributed by atoms with E-state index in [2.05, 4.69) is 18.2 Å². The van der Waals surface area contributed by atoms with E-state index in [1.807, 2.05) is 0 Å². The number of hydrogen-bond acceptors (Lipinski definition) is 1. The van der Waals surface area contributed by atoms with E-state index in [1.54, 1.807) is 0 Å². The standard InChI is InChI=1S/C14H26N/c1-2-15-10-8-14(9-11-15)12-13-6-4-3-5-7-13/h12-14H,2-11H2,1H3. The van der Waals surface area contributed by atoms with Crippen molar-refractivity contribution in [2.45, 2.75) is 51.9 Å². The summed E-state index contributed by atoms with van der Waals surface area (Å²) in [5, 5.41) is 0. The van der Waals surface area contributed by atoms with E-state index in [0.29, 0.717) is 0 Å². The predicted molar refractivity (Wildman–Crippen MR) is 65.7 cm³/mol. The second-order valence-electron chi connectivity index (χ2n) is 5.36. The molecule has 1 aliphatic carbocycles. The van der Waals surface area contributed by atoms with Gasteiger partial charge in [0.25, 0.3) is 0 Å². The Morgan fingerprint density at radius 2 is 1.53 bits per heavy atom. The van der Waals surface area contributed by atoms with Crippen LogP contribution in [-0.2, 0) is 0 Å².